The number of benzene rings is 3. The summed E-state index contributed by atoms with van der Waals surface area (Å²) in [5.74, 6) is -0.117. The molecule has 3 aromatic carbocycles. The lowest BCUT2D eigenvalue weighted by Crippen LogP contribution is -2.27. The summed E-state index contributed by atoms with van der Waals surface area (Å²) in [5, 5.41) is 5.54. The Morgan fingerprint density at radius 2 is 1.50 bits per heavy atom. The van der Waals surface area contributed by atoms with Gasteiger partial charge in [0.25, 0.3) is 11.8 Å². The Morgan fingerprint density at radius 3 is 2.25 bits per heavy atom. The van der Waals surface area contributed by atoms with Crippen LogP contribution >= 0.6 is 11.6 Å². The van der Waals surface area contributed by atoms with Crippen molar-refractivity contribution < 1.29 is 14.3 Å². The van der Waals surface area contributed by atoms with Gasteiger partial charge in [0.2, 0.25) is 0 Å². The van der Waals surface area contributed by atoms with Gasteiger partial charge in [0, 0.05) is 16.7 Å². The number of methoxy groups -OCH3 is 1. The minimum absolute atomic E-state index is 0.319. The molecule has 0 fully saturated rings. The third kappa shape index (κ3) is 4.50. The summed E-state index contributed by atoms with van der Waals surface area (Å²) in [6.07, 6.45) is 0. The number of alkyl halides is 1. The highest BCUT2D eigenvalue weighted by molar-refractivity contribution is 6.23. The van der Waals surface area contributed by atoms with Gasteiger partial charge in [0.15, 0.2) is 0 Å². The first-order chi connectivity index (χ1) is 13.6. The molecule has 2 N–H and O–H groups in total. The van der Waals surface area contributed by atoms with Crippen molar-refractivity contribution in [2.75, 3.05) is 12.4 Å². The fraction of sp³-hybridized carbons (Fsp3) is 0.0909. The highest BCUT2D eigenvalue weighted by Gasteiger charge is 2.20. The molecule has 5 nitrogen and oxygen atoms in total. The summed E-state index contributed by atoms with van der Waals surface area (Å²) in [5.41, 5.74) is 1.03. The fourth-order valence-electron chi connectivity index (χ4n) is 2.73. The molecule has 0 bridgehead atoms. The van der Waals surface area contributed by atoms with Gasteiger partial charge in [-0.15, -0.1) is 0 Å². The first kappa shape index (κ1) is 19.5. The number of anilines is 1. The van der Waals surface area contributed by atoms with Crippen molar-refractivity contribution in [2.24, 2.45) is 0 Å². The number of nitrogens with one attached hydrogen (secondary N) is 2. The predicted octanol–water partition coefficient (Wildman–Crippen LogP) is 4.61. The van der Waals surface area contributed by atoms with E-state index in [1.165, 1.54) is 7.11 Å². The van der Waals surface area contributed by atoms with E-state index in [4.69, 9.17) is 16.3 Å². The number of rotatable bonds is 6. The van der Waals surface area contributed by atoms with Crippen LogP contribution in [-0.4, -0.2) is 18.9 Å². The highest BCUT2D eigenvalue weighted by atomic mass is 35.5. The van der Waals surface area contributed by atoms with Crippen molar-refractivity contribution in [1.29, 1.82) is 0 Å². The Hall–Kier alpha value is -3.31. The van der Waals surface area contributed by atoms with Crippen LogP contribution in [0.25, 0.3) is 0 Å². The summed E-state index contributed by atoms with van der Waals surface area (Å²) in [6.45, 7) is 0. The molecule has 0 aliphatic heterocycles. The molecule has 1 atom stereocenters. The number of halogens is 1. The molecule has 6 heteroatoms. The van der Waals surface area contributed by atoms with Crippen LogP contribution in [0, 0.1) is 0 Å². The number of para-hydroxylation sites is 2. The van der Waals surface area contributed by atoms with E-state index in [0.717, 1.165) is 0 Å². The summed E-state index contributed by atoms with van der Waals surface area (Å²) < 4.78 is 5.26. The monoisotopic (exact) mass is 394 g/mol. The normalized spacial score (nSPS) is 11.4. The molecule has 0 spiro atoms. The Kier molecular flexibility index (Phi) is 6.29. The zero-order valence-corrected chi connectivity index (χ0v) is 15.9. The van der Waals surface area contributed by atoms with Crippen LogP contribution in [0.3, 0.4) is 0 Å². The van der Waals surface area contributed by atoms with Gasteiger partial charge < -0.3 is 15.4 Å². The predicted molar refractivity (Wildman–Crippen MR) is 110 cm³/mol. The molecule has 0 saturated heterocycles. The molecule has 0 radical (unpaired) electrons. The van der Waals surface area contributed by atoms with Crippen molar-refractivity contribution in [3.63, 3.8) is 0 Å². The van der Waals surface area contributed by atoms with Crippen LogP contribution in [0.15, 0.2) is 78.9 Å². The van der Waals surface area contributed by atoms with Gasteiger partial charge in [0.1, 0.15) is 11.3 Å². The summed E-state index contributed by atoms with van der Waals surface area (Å²) >= 11 is 6.43. The van der Waals surface area contributed by atoms with E-state index in [-0.39, 0.29) is 11.8 Å². The lowest BCUT2D eigenvalue weighted by Gasteiger charge is -2.17. The summed E-state index contributed by atoms with van der Waals surface area (Å²) in [7, 11) is 1.53. The second kappa shape index (κ2) is 9.06. The van der Waals surface area contributed by atoms with Gasteiger partial charge >= 0.3 is 0 Å². The van der Waals surface area contributed by atoms with Crippen LogP contribution in [-0.2, 0) is 0 Å². The number of hydrogen-bond donors (Lipinski definition) is 2. The molecule has 0 aromatic heterocycles. The van der Waals surface area contributed by atoms with E-state index in [9.17, 15) is 9.59 Å². The zero-order chi connectivity index (χ0) is 19.9. The molecule has 0 saturated carbocycles. The van der Waals surface area contributed by atoms with Crippen LogP contribution < -0.4 is 15.4 Å². The largest absolute Gasteiger partial charge is 0.495 e. The topological polar surface area (TPSA) is 67.4 Å². The Morgan fingerprint density at radius 1 is 0.857 bits per heavy atom. The number of hydrogen-bond acceptors (Lipinski definition) is 3. The first-order valence-corrected chi connectivity index (χ1v) is 9.07. The second-order valence-corrected chi connectivity index (χ2v) is 6.38. The SMILES string of the molecule is COc1ccccc1NC(=O)c1ccccc1C(Cl)NC(=O)c1ccccc1. The Bertz CT molecular complexity index is 976. The average molecular weight is 395 g/mol. The quantitative estimate of drug-likeness (QED) is 0.473. The van der Waals surface area contributed by atoms with E-state index in [1.807, 2.05) is 12.1 Å². The van der Waals surface area contributed by atoms with Crippen LogP contribution in [0.5, 0.6) is 5.75 Å². The van der Waals surface area contributed by atoms with E-state index in [2.05, 4.69) is 10.6 Å². The number of amides is 2. The maximum absolute atomic E-state index is 12.8. The van der Waals surface area contributed by atoms with Gasteiger partial charge in [-0.3, -0.25) is 9.59 Å². The molecule has 28 heavy (non-hydrogen) atoms. The van der Waals surface area contributed by atoms with Crippen molar-refractivity contribution in [3.05, 3.63) is 95.6 Å². The molecule has 1 unspecified atom stereocenters. The molecular weight excluding hydrogens is 376 g/mol. The van der Waals surface area contributed by atoms with Crippen molar-refractivity contribution in [3.8, 4) is 5.75 Å². The van der Waals surface area contributed by atoms with E-state index < -0.39 is 5.50 Å². The molecular formula is C22H19ClN2O3. The number of ether oxygens (including phenoxy) is 1. The molecule has 3 aromatic rings. The number of carbonyl (C=O) groups is 2. The van der Waals surface area contributed by atoms with E-state index in [1.54, 1.807) is 66.7 Å². The van der Waals surface area contributed by atoms with Crippen LogP contribution in [0.2, 0.25) is 0 Å². The van der Waals surface area contributed by atoms with Gasteiger partial charge in [-0.1, -0.05) is 60.1 Å². The van der Waals surface area contributed by atoms with Crippen molar-refractivity contribution in [1.82, 2.24) is 5.32 Å². The Balaban J connectivity index is 1.80. The molecule has 0 aliphatic rings. The second-order valence-electron chi connectivity index (χ2n) is 5.94. The molecule has 0 heterocycles. The zero-order valence-electron chi connectivity index (χ0n) is 15.2. The first-order valence-electron chi connectivity index (χ1n) is 8.63. The standard InChI is InChI=1S/C22H19ClN2O3/c1-28-19-14-8-7-13-18(19)24-22(27)17-12-6-5-11-16(17)20(23)25-21(26)15-9-3-2-4-10-15/h2-14,20H,1H3,(H,24,27)(H,25,26). The van der Waals surface area contributed by atoms with Crippen LogP contribution in [0.4, 0.5) is 5.69 Å². The maximum atomic E-state index is 12.8. The van der Waals surface area contributed by atoms with Gasteiger partial charge in [-0.05, 0) is 30.3 Å². The Labute approximate surface area is 168 Å². The summed E-state index contributed by atoms with van der Waals surface area (Å²) in [4.78, 5) is 25.2. The smallest absolute Gasteiger partial charge is 0.256 e. The van der Waals surface area contributed by atoms with Crippen molar-refractivity contribution in [2.45, 2.75) is 5.50 Å². The number of carbonyl (C=O) groups excluding carboxylic acids is 2. The molecule has 3 rings (SSSR count). The maximum Gasteiger partial charge on any atom is 0.256 e. The molecule has 0 aliphatic carbocycles. The van der Waals surface area contributed by atoms with Crippen LogP contribution in [0.1, 0.15) is 31.8 Å². The minimum atomic E-state index is -0.868. The van der Waals surface area contributed by atoms with Gasteiger partial charge in [-0.25, -0.2) is 0 Å². The lowest BCUT2D eigenvalue weighted by molar-refractivity contribution is 0.0945. The minimum Gasteiger partial charge on any atom is -0.495 e. The fourth-order valence-corrected chi connectivity index (χ4v) is 3.02. The van der Waals surface area contributed by atoms with E-state index in [0.29, 0.717) is 28.1 Å². The van der Waals surface area contributed by atoms with Gasteiger partial charge in [-0.2, -0.15) is 0 Å². The van der Waals surface area contributed by atoms with E-state index >= 15 is 0 Å². The lowest BCUT2D eigenvalue weighted by atomic mass is 10.1. The van der Waals surface area contributed by atoms with Crippen molar-refractivity contribution >= 4 is 29.1 Å². The molecule has 2 amide bonds. The van der Waals surface area contributed by atoms with Gasteiger partial charge in [0.05, 0.1) is 12.8 Å². The third-order valence-electron chi connectivity index (χ3n) is 4.13. The molecule has 142 valence electrons. The third-order valence-corrected chi connectivity index (χ3v) is 4.47. The highest BCUT2D eigenvalue weighted by Crippen LogP contribution is 2.26. The summed E-state index contributed by atoms with van der Waals surface area (Å²) in [6, 6.07) is 22.7. The average Bonchev–Trinajstić information content (AvgIpc) is 2.74.